The van der Waals surface area contributed by atoms with E-state index in [0.717, 1.165) is 17.7 Å². The minimum atomic E-state index is -2.83. The number of alkyl halides is 2. The Labute approximate surface area is 146 Å². The van der Waals surface area contributed by atoms with Crippen LogP contribution in [-0.2, 0) is 6.54 Å². The standard InChI is InChI=1S/C19H23F2N3O/c1-3-22-19(24-14(2)16-9-5-4-6-10-16)23-13-15-8-7-11-17(12-15)25-18(20)21/h4-12,14,18H,3,13H2,1-2H3,(H2,22,23,24). The van der Waals surface area contributed by atoms with Gasteiger partial charge in [0.25, 0.3) is 0 Å². The Balaban J connectivity index is 2.04. The summed E-state index contributed by atoms with van der Waals surface area (Å²) in [4.78, 5) is 4.52. The highest BCUT2D eigenvalue weighted by atomic mass is 19.3. The number of halogens is 2. The van der Waals surface area contributed by atoms with E-state index >= 15 is 0 Å². The van der Waals surface area contributed by atoms with Crippen LogP contribution in [0.25, 0.3) is 0 Å². The van der Waals surface area contributed by atoms with Crippen LogP contribution in [0.5, 0.6) is 5.75 Å². The fourth-order valence-electron chi connectivity index (χ4n) is 2.34. The van der Waals surface area contributed by atoms with E-state index in [1.807, 2.05) is 43.3 Å². The number of nitrogens with zero attached hydrogens (tertiary/aromatic N) is 1. The van der Waals surface area contributed by atoms with Gasteiger partial charge in [0.15, 0.2) is 5.96 Å². The third-order valence-corrected chi connectivity index (χ3v) is 3.54. The Hall–Kier alpha value is -2.63. The first-order valence-electron chi connectivity index (χ1n) is 8.22. The average Bonchev–Trinajstić information content (AvgIpc) is 2.60. The van der Waals surface area contributed by atoms with Gasteiger partial charge >= 0.3 is 6.61 Å². The van der Waals surface area contributed by atoms with E-state index in [0.29, 0.717) is 12.5 Å². The lowest BCUT2D eigenvalue weighted by Crippen LogP contribution is -2.38. The van der Waals surface area contributed by atoms with Crippen molar-refractivity contribution >= 4 is 5.96 Å². The predicted molar refractivity (Wildman–Crippen MR) is 95.9 cm³/mol. The summed E-state index contributed by atoms with van der Waals surface area (Å²) in [6.45, 7) is 2.30. The Morgan fingerprint density at radius 2 is 1.88 bits per heavy atom. The molecular formula is C19H23F2N3O. The zero-order chi connectivity index (χ0) is 18.1. The second kappa shape index (κ2) is 9.61. The lowest BCUT2D eigenvalue weighted by atomic mass is 10.1. The Bertz CT molecular complexity index is 677. The Morgan fingerprint density at radius 1 is 1.12 bits per heavy atom. The van der Waals surface area contributed by atoms with Crippen molar-refractivity contribution in [3.8, 4) is 5.75 Å². The molecule has 1 unspecified atom stereocenters. The van der Waals surface area contributed by atoms with Crippen molar-refractivity contribution in [2.24, 2.45) is 4.99 Å². The molecule has 2 rings (SSSR count). The number of hydrogen-bond donors (Lipinski definition) is 2. The van der Waals surface area contributed by atoms with Crippen molar-refractivity contribution in [3.63, 3.8) is 0 Å². The van der Waals surface area contributed by atoms with Crippen LogP contribution in [0.3, 0.4) is 0 Å². The van der Waals surface area contributed by atoms with E-state index < -0.39 is 6.61 Å². The van der Waals surface area contributed by atoms with Crippen LogP contribution in [0.4, 0.5) is 8.78 Å². The number of rotatable bonds is 7. The average molecular weight is 347 g/mol. The van der Waals surface area contributed by atoms with E-state index in [2.05, 4.69) is 27.3 Å². The second-order valence-corrected chi connectivity index (χ2v) is 5.50. The molecule has 0 saturated heterocycles. The highest BCUT2D eigenvalue weighted by molar-refractivity contribution is 5.80. The molecule has 2 aromatic rings. The maximum Gasteiger partial charge on any atom is 0.387 e. The maximum absolute atomic E-state index is 12.3. The van der Waals surface area contributed by atoms with Crippen LogP contribution >= 0.6 is 0 Å². The zero-order valence-corrected chi connectivity index (χ0v) is 14.4. The molecule has 134 valence electrons. The molecule has 6 heteroatoms. The molecule has 0 heterocycles. The van der Waals surface area contributed by atoms with Crippen molar-refractivity contribution in [2.45, 2.75) is 33.0 Å². The second-order valence-electron chi connectivity index (χ2n) is 5.50. The smallest absolute Gasteiger partial charge is 0.387 e. The summed E-state index contributed by atoms with van der Waals surface area (Å²) >= 11 is 0. The molecule has 0 aliphatic heterocycles. The van der Waals surface area contributed by atoms with E-state index in [1.165, 1.54) is 6.07 Å². The summed E-state index contributed by atoms with van der Waals surface area (Å²) in [6.07, 6.45) is 0. The monoisotopic (exact) mass is 347 g/mol. The zero-order valence-electron chi connectivity index (χ0n) is 14.4. The van der Waals surface area contributed by atoms with Gasteiger partial charge in [-0.05, 0) is 37.1 Å². The fourth-order valence-corrected chi connectivity index (χ4v) is 2.34. The SMILES string of the molecule is CCNC(=NCc1cccc(OC(F)F)c1)NC(C)c1ccccc1. The highest BCUT2D eigenvalue weighted by Crippen LogP contribution is 2.16. The first kappa shape index (κ1) is 18.7. The van der Waals surface area contributed by atoms with Gasteiger partial charge in [0.2, 0.25) is 0 Å². The van der Waals surface area contributed by atoms with Gasteiger partial charge in [-0.25, -0.2) is 4.99 Å². The van der Waals surface area contributed by atoms with Gasteiger partial charge in [-0.2, -0.15) is 8.78 Å². The summed E-state index contributed by atoms with van der Waals surface area (Å²) in [5.74, 6) is 0.803. The fraction of sp³-hybridized carbons (Fsp3) is 0.316. The van der Waals surface area contributed by atoms with Gasteiger partial charge in [-0.3, -0.25) is 0 Å². The summed E-state index contributed by atoms with van der Waals surface area (Å²) in [7, 11) is 0. The first-order chi connectivity index (χ1) is 12.1. The number of ether oxygens (including phenoxy) is 1. The van der Waals surface area contributed by atoms with Crippen LogP contribution in [0, 0.1) is 0 Å². The van der Waals surface area contributed by atoms with Gasteiger partial charge in [0.1, 0.15) is 5.75 Å². The van der Waals surface area contributed by atoms with Crippen LogP contribution in [0.15, 0.2) is 59.6 Å². The van der Waals surface area contributed by atoms with Gasteiger partial charge in [0.05, 0.1) is 12.6 Å². The maximum atomic E-state index is 12.3. The highest BCUT2D eigenvalue weighted by Gasteiger charge is 2.08. The minimum absolute atomic E-state index is 0.0903. The quantitative estimate of drug-likeness (QED) is 0.585. The number of benzene rings is 2. The molecule has 0 saturated carbocycles. The number of nitrogens with one attached hydrogen (secondary N) is 2. The third kappa shape index (κ3) is 6.41. The number of hydrogen-bond acceptors (Lipinski definition) is 2. The summed E-state index contributed by atoms with van der Waals surface area (Å²) < 4.78 is 29.0. The molecule has 0 radical (unpaired) electrons. The summed E-state index contributed by atoms with van der Waals surface area (Å²) in [5.41, 5.74) is 1.95. The van der Waals surface area contributed by atoms with Crippen LogP contribution in [-0.4, -0.2) is 19.1 Å². The van der Waals surface area contributed by atoms with E-state index in [9.17, 15) is 8.78 Å². The Kier molecular flexibility index (Phi) is 7.19. The van der Waals surface area contributed by atoms with Crippen molar-refractivity contribution in [1.82, 2.24) is 10.6 Å². The van der Waals surface area contributed by atoms with Gasteiger partial charge < -0.3 is 15.4 Å². The molecule has 0 aromatic heterocycles. The topological polar surface area (TPSA) is 45.7 Å². The van der Waals surface area contributed by atoms with Crippen LogP contribution in [0.1, 0.15) is 31.0 Å². The van der Waals surface area contributed by atoms with Crippen LogP contribution in [0.2, 0.25) is 0 Å². The van der Waals surface area contributed by atoms with Gasteiger partial charge in [-0.15, -0.1) is 0 Å². The number of guanidine groups is 1. The largest absolute Gasteiger partial charge is 0.435 e. The van der Waals surface area contributed by atoms with E-state index in [1.54, 1.807) is 12.1 Å². The third-order valence-electron chi connectivity index (χ3n) is 3.54. The van der Waals surface area contributed by atoms with Gasteiger partial charge in [0, 0.05) is 6.54 Å². The summed E-state index contributed by atoms with van der Waals surface area (Å²) in [5, 5.41) is 6.53. The molecule has 2 N–H and O–H groups in total. The molecule has 0 aliphatic carbocycles. The van der Waals surface area contributed by atoms with Crippen molar-refractivity contribution in [3.05, 3.63) is 65.7 Å². The molecule has 25 heavy (non-hydrogen) atoms. The molecule has 0 aliphatic rings. The van der Waals surface area contributed by atoms with E-state index in [-0.39, 0.29) is 11.8 Å². The predicted octanol–water partition coefficient (Wildman–Crippen LogP) is 4.10. The molecule has 4 nitrogen and oxygen atoms in total. The normalized spacial score (nSPS) is 12.8. The van der Waals surface area contributed by atoms with Crippen molar-refractivity contribution in [2.75, 3.05) is 6.54 Å². The molecule has 0 fully saturated rings. The molecule has 1 atom stereocenters. The lowest BCUT2D eigenvalue weighted by Gasteiger charge is -2.18. The van der Waals surface area contributed by atoms with Gasteiger partial charge in [-0.1, -0.05) is 42.5 Å². The molecular weight excluding hydrogens is 324 g/mol. The molecule has 0 amide bonds. The van der Waals surface area contributed by atoms with Crippen LogP contribution < -0.4 is 15.4 Å². The first-order valence-corrected chi connectivity index (χ1v) is 8.22. The molecule has 0 bridgehead atoms. The van der Waals surface area contributed by atoms with E-state index in [4.69, 9.17) is 0 Å². The van der Waals surface area contributed by atoms with Crippen molar-refractivity contribution in [1.29, 1.82) is 0 Å². The lowest BCUT2D eigenvalue weighted by molar-refractivity contribution is -0.0498. The summed E-state index contributed by atoms with van der Waals surface area (Å²) in [6, 6.07) is 16.7. The Morgan fingerprint density at radius 3 is 2.56 bits per heavy atom. The molecule has 2 aromatic carbocycles. The minimum Gasteiger partial charge on any atom is -0.435 e. The van der Waals surface area contributed by atoms with Crippen molar-refractivity contribution < 1.29 is 13.5 Å². The number of aliphatic imine (C=N–C) groups is 1. The molecule has 0 spiro atoms.